The zero-order valence-electron chi connectivity index (χ0n) is 30.8. The smallest absolute Gasteiger partial charge is 0.223 e. The van der Waals surface area contributed by atoms with Crippen LogP contribution >= 0.6 is 0 Å². The van der Waals surface area contributed by atoms with Gasteiger partial charge < -0.3 is 49.7 Å². The van der Waals surface area contributed by atoms with E-state index in [9.17, 15) is 19.2 Å². The summed E-state index contributed by atoms with van der Waals surface area (Å²) in [6.07, 6.45) is 15.4. The largest absolute Gasteiger partial charge is 0.499 e. The summed E-state index contributed by atoms with van der Waals surface area (Å²) in [6, 6.07) is 0. The van der Waals surface area contributed by atoms with Crippen LogP contribution in [0.3, 0.4) is 0 Å². The Labute approximate surface area is 309 Å². The third kappa shape index (κ3) is 24.3. The molecule has 0 atom stereocenters. The first-order valence-electron chi connectivity index (χ1n) is 18.0. The van der Waals surface area contributed by atoms with Crippen LogP contribution in [0.2, 0.25) is 0 Å². The van der Waals surface area contributed by atoms with Crippen molar-refractivity contribution in [3.63, 3.8) is 0 Å². The van der Waals surface area contributed by atoms with Crippen LogP contribution in [0.15, 0.2) is 25.0 Å². The molecular weight excluding hydrogens is 672 g/mol. The Morgan fingerprint density at radius 3 is 1.48 bits per heavy atom. The summed E-state index contributed by atoms with van der Waals surface area (Å²) in [7, 11) is 0. The van der Waals surface area contributed by atoms with Crippen LogP contribution in [-0.2, 0) is 47.6 Å². The van der Waals surface area contributed by atoms with E-state index in [1.807, 2.05) is 0 Å². The number of amides is 4. The maximum atomic E-state index is 13.7. The minimum atomic E-state index is -1.01. The van der Waals surface area contributed by atoms with Crippen LogP contribution in [0, 0.1) is 30.6 Å². The highest BCUT2D eigenvalue weighted by Gasteiger charge is 2.36. The molecule has 14 nitrogen and oxygen atoms in total. The summed E-state index contributed by atoms with van der Waals surface area (Å²) in [5.74, 6) is 3.66. The molecule has 0 spiro atoms. The van der Waals surface area contributed by atoms with Gasteiger partial charge in [-0.25, -0.2) is 0 Å². The first-order chi connectivity index (χ1) is 25.2. The average Bonchev–Trinajstić information content (AvgIpc) is 3.14. The number of carbonyl (C=O) groups is 4. The van der Waals surface area contributed by atoms with Crippen LogP contribution in [0.4, 0.5) is 0 Å². The van der Waals surface area contributed by atoms with Gasteiger partial charge in [-0.2, -0.15) is 0 Å². The minimum absolute atomic E-state index is 0.0620. The van der Waals surface area contributed by atoms with E-state index in [-0.39, 0.29) is 108 Å². The van der Waals surface area contributed by atoms with Gasteiger partial charge in [-0.05, 0) is 44.9 Å². The summed E-state index contributed by atoms with van der Waals surface area (Å²) in [5.41, 5.74) is 0.108. The molecule has 292 valence electrons. The van der Waals surface area contributed by atoms with Crippen LogP contribution in [0.5, 0.6) is 0 Å². The van der Waals surface area contributed by atoms with Gasteiger partial charge >= 0.3 is 0 Å². The Morgan fingerprint density at radius 1 is 0.673 bits per heavy atom. The molecule has 1 aliphatic rings. The number of hydrogen-bond donors (Lipinski definition) is 4. The molecular formula is C38H60N4O10. The molecule has 14 heteroatoms. The summed E-state index contributed by atoms with van der Waals surface area (Å²) < 4.78 is 31.7. The maximum absolute atomic E-state index is 13.7. The molecule has 1 aliphatic carbocycles. The fraction of sp³-hybridized carbons (Fsp3) is 0.684. The number of allylic oxidation sites excluding steroid dienone is 1. The number of hydrogen-bond acceptors (Lipinski definition) is 10. The predicted octanol–water partition coefficient (Wildman–Crippen LogP) is 1.79. The molecule has 1 saturated carbocycles. The van der Waals surface area contributed by atoms with Crippen molar-refractivity contribution in [2.24, 2.45) is 5.92 Å². The summed E-state index contributed by atoms with van der Waals surface area (Å²) >= 11 is 0. The molecule has 0 aromatic heterocycles. The van der Waals surface area contributed by atoms with Gasteiger partial charge in [-0.3, -0.25) is 19.2 Å². The standard InChI is InChI=1S/C38H60N4O10/c1-5-21-48-28-30-51-24-19-40-35(44)13-16-38(42-37(46)33-10-8-32(4)9-11-33,15-12-34(43)39-18-23-50-27-26-47-7-3)17-14-36(45)41-20-25-52-31-29-49-22-6-2/h1-2,7,33H,3-4,8-31H2,(H,39,43)(H,40,44)(H,41,45)(H,42,46). The molecule has 0 saturated heterocycles. The van der Waals surface area contributed by atoms with E-state index in [1.165, 1.54) is 6.26 Å². The SMILES string of the molecule is C#CCOCCOCCNC(=O)CCC(CCC(=O)NCCOCCOC=C)(CCC(=O)NCCOCCOCC#C)NC(=O)C1CCC(=C)CC1. The monoisotopic (exact) mass is 732 g/mol. The Bertz CT molecular complexity index is 1090. The van der Waals surface area contributed by atoms with Crippen molar-refractivity contribution >= 4 is 23.6 Å². The van der Waals surface area contributed by atoms with Crippen LogP contribution in [0.25, 0.3) is 0 Å². The summed E-state index contributed by atoms with van der Waals surface area (Å²) in [6.45, 7) is 11.8. The maximum Gasteiger partial charge on any atom is 0.223 e. The molecule has 4 N–H and O–H groups in total. The lowest BCUT2D eigenvalue weighted by Crippen LogP contribution is -2.52. The predicted molar refractivity (Wildman–Crippen MR) is 197 cm³/mol. The molecule has 52 heavy (non-hydrogen) atoms. The normalized spacial score (nSPS) is 13.0. The van der Waals surface area contributed by atoms with E-state index in [2.05, 4.69) is 46.3 Å². The Kier molecular flexibility index (Phi) is 27.2. The third-order valence-electron chi connectivity index (χ3n) is 8.23. The van der Waals surface area contributed by atoms with Crippen molar-refractivity contribution in [1.82, 2.24) is 21.3 Å². The van der Waals surface area contributed by atoms with Crippen LogP contribution < -0.4 is 21.3 Å². The van der Waals surface area contributed by atoms with Gasteiger partial charge in [0, 0.05) is 50.4 Å². The van der Waals surface area contributed by atoms with E-state index in [1.54, 1.807) is 0 Å². The molecule has 0 aliphatic heterocycles. The molecule has 0 aromatic carbocycles. The van der Waals surface area contributed by atoms with Crippen LogP contribution in [-0.4, -0.2) is 121 Å². The topological polar surface area (TPSA) is 172 Å². The molecule has 0 aromatic rings. The van der Waals surface area contributed by atoms with Gasteiger partial charge in [0.1, 0.15) is 19.8 Å². The van der Waals surface area contributed by atoms with E-state index < -0.39 is 5.54 Å². The van der Waals surface area contributed by atoms with Gasteiger partial charge in [0.15, 0.2) is 0 Å². The lowest BCUT2D eigenvalue weighted by Gasteiger charge is -2.37. The van der Waals surface area contributed by atoms with Gasteiger partial charge in [0.05, 0.1) is 59.1 Å². The second-order valence-corrected chi connectivity index (χ2v) is 12.2. The highest BCUT2D eigenvalue weighted by atomic mass is 16.5. The lowest BCUT2D eigenvalue weighted by molar-refractivity contribution is -0.130. The molecule has 0 unspecified atom stereocenters. The van der Waals surface area contributed by atoms with Crippen molar-refractivity contribution in [2.45, 2.75) is 69.7 Å². The molecule has 4 amide bonds. The molecule has 1 fully saturated rings. The first-order valence-corrected chi connectivity index (χ1v) is 18.0. The van der Waals surface area contributed by atoms with E-state index in [0.29, 0.717) is 65.6 Å². The third-order valence-corrected chi connectivity index (χ3v) is 8.23. The highest BCUT2D eigenvalue weighted by Crippen LogP contribution is 2.31. The van der Waals surface area contributed by atoms with Gasteiger partial charge in [0.2, 0.25) is 23.6 Å². The second kappa shape index (κ2) is 30.7. The number of terminal acetylenes is 2. The lowest BCUT2D eigenvalue weighted by atomic mass is 9.81. The zero-order valence-corrected chi connectivity index (χ0v) is 30.8. The quantitative estimate of drug-likeness (QED) is 0.0346. The number of rotatable bonds is 32. The number of carbonyl (C=O) groups excluding carboxylic acids is 4. The van der Waals surface area contributed by atoms with E-state index >= 15 is 0 Å². The van der Waals surface area contributed by atoms with Crippen LogP contribution in [0.1, 0.15) is 64.2 Å². The minimum Gasteiger partial charge on any atom is -0.499 e. The van der Waals surface area contributed by atoms with Crippen molar-refractivity contribution in [3.05, 3.63) is 25.0 Å². The van der Waals surface area contributed by atoms with Gasteiger partial charge in [0.25, 0.3) is 0 Å². The average molecular weight is 733 g/mol. The Hall–Kier alpha value is -3.92. The van der Waals surface area contributed by atoms with Crippen molar-refractivity contribution in [3.8, 4) is 24.7 Å². The molecule has 0 radical (unpaired) electrons. The summed E-state index contributed by atoms with van der Waals surface area (Å²) in [4.78, 5) is 52.6. The van der Waals surface area contributed by atoms with Crippen molar-refractivity contribution in [2.75, 3.05) is 92.3 Å². The fourth-order valence-corrected chi connectivity index (χ4v) is 5.32. The summed E-state index contributed by atoms with van der Waals surface area (Å²) in [5, 5.41) is 11.7. The van der Waals surface area contributed by atoms with Gasteiger partial charge in [-0.15, -0.1) is 12.8 Å². The second-order valence-electron chi connectivity index (χ2n) is 12.2. The Morgan fingerprint density at radius 2 is 1.08 bits per heavy atom. The molecule has 1 rings (SSSR count). The van der Waals surface area contributed by atoms with E-state index in [0.717, 1.165) is 18.4 Å². The van der Waals surface area contributed by atoms with E-state index in [4.69, 9.17) is 41.3 Å². The van der Waals surface area contributed by atoms with Gasteiger partial charge in [-0.1, -0.05) is 30.6 Å². The number of ether oxygens (including phenoxy) is 6. The number of nitrogens with one attached hydrogen (secondary N) is 4. The molecule has 0 heterocycles. The zero-order chi connectivity index (χ0) is 38.1. The van der Waals surface area contributed by atoms with Crippen molar-refractivity contribution < 1.29 is 47.6 Å². The molecule has 0 bridgehead atoms. The first kappa shape index (κ1) is 46.1. The highest BCUT2D eigenvalue weighted by molar-refractivity contribution is 5.81. The fourth-order valence-electron chi connectivity index (χ4n) is 5.32. The Balaban J connectivity index is 2.91. The van der Waals surface area contributed by atoms with Crippen molar-refractivity contribution in [1.29, 1.82) is 0 Å².